The van der Waals surface area contributed by atoms with Crippen LogP contribution in [0.15, 0.2) is 10.7 Å². The van der Waals surface area contributed by atoms with Crippen molar-refractivity contribution >= 4 is 21.9 Å². The normalized spacial score (nSPS) is 10.0. The van der Waals surface area contributed by atoms with Gasteiger partial charge in [-0.05, 0) is 28.4 Å². The van der Waals surface area contributed by atoms with E-state index in [1.54, 1.807) is 0 Å². The lowest BCUT2D eigenvalue weighted by atomic mass is 10.1. The van der Waals surface area contributed by atoms with Crippen LogP contribution in [0.2, 0.25) is 0 Å². The quantitative estimate of drug-likeness (QED) is 0.815. The van der Waals surface area contributed by atoms with Crippen LogP contribution in [0.25, 0.3) is 0 Å². The number of nitrogens with two attached hydrogens (primary N) is 1. The van der Waals surface area contributed by atoms with Crippen LogP contribution in [-0.4, -0.2) is 18.1 Å². The molecule has 0 unspecified atom stereocenters. The van der Waals surface area contributed by atoms with Gasteiger partial charge in [-0.1, -0.05) is 0 Å². The molecule has 0 aliphatic rings. The van der Waals surface area contributed by atoms with Gasteiger partial charge in [-0.2, -0.15) is 0 Å². The van der Waals surface area contributed by atoms with E-state index in [4.69, 9.17) is 5.73 Å². The van der Waals surface area contributed by atoms with Crippen molar-refractivity contribution < 1.29 is 9.53 Å². The third kappa shape index (κ3) is 1.93. The molecule has 0 aliphatic heterocycles. The number of aromatic nitrogens is 1. The van der Waals surface area contributed by atoms with Crippen LogP contribution >= 0.6 is 15.9 Å². The first-order valence-corrected chi connectivity index (χ1v) is 4.83. The third-order valence-electron chi connectivity index (χ3n) is 1.93. The molecule has 4 nitrogen and oxygen atoms in total. The summed E-state index contributed by atoms with van der Waals surface area (Å²) in [6.07, 6.45) is 1.48. The Morgan fingerprint density at radius 1 is 1.71 bits per heavy atom. The van der Waals surface area contributed by atoms with E-state index >= 15 is 0 Å². The van der Waals surface area contributed by atoms with Gasteiger partial charge in [0.05, 0.1) is 18.4 Å². The predicted octanol–water partition coefficient (Wildman–Crippen LogP) is 1.40. The topological polar surface area (TPSA) is 65.2 Å². The highest BCUT2D eigenvalue weighted by atomic mass is 79.9. The summed E-state index contributed by atoms with van der Waals surface area (Å²) in [4.78, 5) is 15.3. The minimum Gasteiger partial charge on any atom is -0.465 e. The number of rotatable bonds is 2. The molecule has 0 spiro atoms. The molecule has 1 aromatic rings. The van der Waals surface area contributed by atoms with Gasteiger partial charge < -0.3 is 10.5 Å². The Labute approximate surface area is 90.6 Å². The first-order chi connectivity index (χ1) is 6.61. The average molecular weight is 259 g/mol. The van der Waals surface area contributed by atoms with Gasteiger partial charge >= 0.3 is 5.97 Å². The fraction of sp³-hybridized carbons (Fsp3) is 0.333. The third-order valence-corrected chi connectivity index (χ3v) is 2.99. The maximum Gasteiger partial charge on any atom is 0.339 e. The minimum atomic E-state index is -0.390. The molecule has 1 rings (SSSR count). The molecule has 76 valence electrons. The number of carbonyl (C=O) groups is 1. The molecule has 1 aromatic heterocycles. The Kier molecular flexibility index (Phi) is 3.60. The molecule has 0 aromatic carbocycles. The largest absolute Gasteiger partial charge is 0.465 e. The number of nitrogens with zero attached hydrogens (tertiary/aromatic N) is 1. The Hall–Kier alpha value is -0.940. The summed E-state index contributed by atoms with van der Waals surface area (Å²) < 4.78 is 5.38. The molecule has 0 radical (unpaired) electrons. The predicted molar refractivity (Wildman–Crippen MR) is 55.9 cm³/mol. The van der Waals surface area contributed by atoms with E-state index in [1.165, 1.54) is 13.3 Å². The van der Waals surface area contributed by atoms with Gasteiger partial charge in [-0.15, -0.1) is 0 Å². The van der Waals surface area contributed by atoms with Crippen LogP contribution in [0.4, 0.5) is 0 Å². The van der Waals surface area contributed by atoms with E-state index in [0.717, 1.165) is 15.7 Å². The summed E-state index contributed by atoms with van der Waals surface area (Å²) in [5, 5.41) is 0. The van der Waals surface area contributed by atoms with Crippen LogP contribution in [0.3, 0.4) is 0 Å². The van der Waals surface area contributed by atoms with Crippen molar-refractivity contribution in [2.75, 3.05) is 7.11 Å². The van der Waals surface area contributed by atoms with Gasteiger partial charge in [0.2, 0.25) is 0 Å². The molecule has 5 heteroatoms. The second-order valence-electron chi connectivity index (χ2n) is 2.75. The number of methoxy groups -OCH3 is 1. The fourth-order valence-electron chi connectivity index (χ4n) is 1.09. The second kappa shape index (κ2) is 4.52. The van der Waals surface area contributed by atoms with Gasteiger partial charge in [0.1, 0.15) is 0 Å². The summed E-state index contributed by atoms with van der Waals surface area (Å²) in [6, 6.07) is 0. The maximum atomic E-state index is 11.3. The SMILES string of the molecule is COC(=O)c1cnc(CN)c(Br)c1C. The monoisotopic (exact) mass is 258 g/mol. The molecule has 0 amide bonds. The number of hydrogen-bond acceptors (Lipinski definition) is 4. The summed E-state index contributed by atoms with van der Waals surface area (Å²) in [5.74, 6) is -0.390. The molecule has 0 bridgehead atoms. The highest BCUT2D eigenvalue weighted by Crippen LogP contribution is 2.22. The average Bonchev–Trinajstić information content (AvgIpc) is 2.21. The van der Waals surface area contributed by atoms with E-state index < -0.39 is 0 Å². The molecule has 0 aliphatic carbocycles. The number of pyridine rings is 1. The van der Waals surface area contributed by atoms with Gasteiger partial charge in [0.15, 0.2) is 0 Å². The molecule has 0 fully saturated rings. The number of ether oxygens (including phenoxy) is 1. The summed E-state index contributed by atoms with van der Waals surface area (Å²) in [6.45, 7) is 2.15. The molecule has 14 heavy (non-hydrogen) atoms. The van der Waals surface area contributed by atoms with Crippen molar-refractivity contribution in [2.24, 2.45) is 5.73 Å². The molecular formula is C9H11BrN2O2. The van der Waals surface area contributed by atoms with Crippen LogP contribution in [0, 0.1) is 6.92 Å². The van der Waals surface area contributed by atoms with Crippen LogP contribution in [0.5, 0.6) is 0 Å². The standard InChI is InChI=1S/C9H11BrN2O2/c1-5-6(9(13)14-2)4-12-7(3-11)8(5)10/h4H,3,11H2,1-2H3. The van der Waals surface area contributed by atoms with E-state index in [-0.39, 0.29) is 5.97 Å². The molecular weight excluding hydrogens is 248 g/mol. The zero-order valence-electron chi connectivity index (χ0n) is 8.00. The second-order valence-corrected chi connectivity index (χ2v) is 3.55. The lowest BCUT2D eigenvalue weighted by Gasteiger charge is -2.08. The number of hydrogen-bond donors (Lipinski definition) is 1. The molecule has 1 heterocycles. The Bertz CT molecular complexity index is 366. The van der Waals surface area contributed by atoms with Crippen molar-refractivity contribution in [3.05, 3.63) is 27.5 Å². The summed E-state index contributed by atoms with van der Waals surface area (Å²) in [5.41, 5.74) is 7.45. The Morgan fingerprint density at radius 3 is 2.86 bits per heavy atom. The smallest absolute Gasteiger partial charge is 0.339 e. The van der Waals surface area contributed by atoms with E-state index in [1.807, 2.05) is 6.92 Å². The van der Waals surface area contributed by atoms with Gasteiger partial charge in [-0.3, -0.25) is 4.98 Å². The zero-order chi connectivity index (χ0) is 10.7. The minimum absolute atomic E-state index is 0.336. The van der Waals surface area contributed by atoms with E-state index in [9.17, 15) is 4.79 Å². The summed E-state index contributed by atoms with van der Waals surface area (Å²) >= 11 is 3.34. The highest BCUT2D eigenvalue weighted by Gasteiger charge is 2.14. The van der Waals surface area contributed by atoms with Crippen molar-refractivity contribution in [3.63, 3.8) is 0 Å². The first kappa shape index (κ1) is 11.1. The van der Waals surface area contributed by atoms with Crippen LogP contribution in [0.1, 0.15) is 21.6 Å². The van der Waals surface area contributed by atoms with Crippen molar-refractivity contribution in [3.8, 4) is 0 Å². The highest BCUT2D eigenvalue weighted by molar-refractivity contribution is 9.10. The molecule has 0 saturated carbocycles. The van der Waals surface area contributed by atoms with Gasteiger partial charge in [0, 0.05) is 17.2 Å². The molecule has 0 saturated heterocycles. The lowest BCUT2D eigenvalue weighted by molar-refractivity contribution is 0.0599. The lowest BCUT2D eigenvalue weighted by Crippen LogP contribution is -2.09. The van der Waals surface area contributed by atoms with E-state index in [2.05, 4.69) is 25.7 Å². The van der Waals surface area contributed by atoms with Gasteiger partial charge in [-0.25, -0.2) is 4.79 Å². The van der Waals surface area contributed by atoms with Crippen molar-refractivity contribution in [1.82, 2.24) is 4.98 Å². The molecule has 2 N–H and O–H groups in total. The Balaban J connectivity index is 3.24. The summed E-state index contributed by atoms with van der Waals surface area (Å²) in [7, 11) is 1.34. The van der Waals surface area contributed by atoms with E-state index in [0.29, 0.717) is 12.1 Å². The number of halogens is 1. The first-order valence-electron chi connectivity index (χ1n) is 4.04. The Morgan fingerprint density at radius 2 is 2.36 bits per heavy atom. The van der Waals surface area contributed by atoms with Crippen LogP contribution < -0.4 is 5.73 Å². The van der Waals surface area contributed by atoms with Crippen LogP contribution in [-0.2, 0) is 11.3 Å². The van der Waals surface area contributed by atoms with Gasteiger partial charge in [0.25, 0.3) is 0 Å². The van der Waals surface area contributed by atoms with Crippen molar-refractivity contribution in [2.45, 2.75) is 13.5 Å². The number of esters is 1. The zero-order valence-corrected chi connectivity index (χ0v) is 9.59. The molecule has 0 atom stereocenters. The van der Waals surface area contributed by atoms with Crippen molar-refractivity contribution in [1.29, 1.82) is 0 Å². The maximum absolute atomic E-state index is 11.3. The number of carbonyl (C=O) groups excluding carboxylic acids is 1. The fourth-order valence-corrected chi connectivity index (χ4v) is 1.57.